The fourth-order valence-electron chi connectivity index (χ4n) is 3.49. The normalized spacial score (nSPS) is 11.0. The molecule has 1 amide bonds. The molecule has 158 valence electrons. The molecule has 0 radical (unpaired) electrons. The number of nitrogens with zero attached hydrogens (tertiary/aromatic N) is 4. The third kappa shape index (κ3) is 4.70. The van der Waals surface area contributed by atoms with Gasteiger partial charge >= 0.3 is 0 Å². The minimum Gasteiger partial charge on any atom is -0.305 e. The van der Waals surface area contributed by atoms with Crippen LogP contribution in [-0.4, -0.2) is 25.5 Å². The van der Waals surface area contributed by atoms with Crippen LogP contribution in [-0.2, 0) is 13.1 Å². The lowest BCUT2D eigenvalue weighted by Crippen LogP contribution is -2.14. The first-order valence-corrected chi connectivity index (χ1v) is 10.5. The lowest BCUT2D eigenvalue weighted by molar-refractivity contribution is 0.102. The van der Waals surface area contributed by atoms with Crippen LogP contribution >= 0.6 is 11.6 Å². The molecule has 0 atom stereocenters. The summed E-state index contributed by atoms with van der Waals surface area (Å²) in [5.74, 6) is 0.340. The maximum absolute atomic E-state index is 12.8. The number of hydrogen-bond acceptors (Lipinski definition) is 3. The van der Waals surface area contributed by atoms with Crippen molar-refractivity contribution in [2.24, 2.45) is 0 Å². The molecule has 0 unspecified atom stereocenters. The number of halogens is 1. The van der Waals surface area contributed by atoms with Crippen molar-refractivity contribution in [2.45, 2.75) is 33.9 Å². The summed E-state index contributed by atoms with van der Waals surface area (Å²) in [6.07, 6.45) is 0. The molecule has 0 saturated heterocycles. The number of nitrogens with one attached hydrogen (secondary N) is 1. The maximum atomic E-state index is 12.8. The van der Waals surface area contributed by atoms with E-state index in [0.717, 1.165) is 28.2 Å². The monoisotopic (exact) mass is 433 g/mol. The molecule has 0 aliphatic rings. The number of hydrogen-bond donors (Lipinski definition) is 1. The molecule has 0 spiro atoms. The highest BCUT2D eigenvalue weighted by molar-refractivity contribution is 6.31. The number of amides is 1. The molecule has 0 bridgehead atoms. The first-order valence-electron chi connectivity index (χ1n) is 10.1. The summed E-state index contributed by atoms with van der Waals surface area (Å²) in [4.78, 5) is 12.8. The van der Waals surface area contributed by atoms with Crippen molar-refractivity contribution in [3.63, 3.8) is 0 Å². The van der Waals surface area contributed by atoms with Crippen LogP contribution in [0.3, 0.4) is 0 Å². The number of aromatic nitrogens is 4. The summed E-state index contributed by atoms with van der Waals surface area (Å²) in [6.45, 7) is 7.00. The smallest absolute Gasteiger partial charge is 0.256 e. The van der Waals surface area contributed by atoms with Gasteiger partial charge in [0.05, 0.1) is 29.5 Å². The number of aryl methyl sites for hydroxylation is 2. The Kier molecular flexibility index (Phi) is 5.91. The number of carbonyl (C=O) groups excluding carboxylic acids is 1. The summed E-state index contributed by atoms with van der Waals surface area (Å²) < 4.78 is 3.73. The van der Waals surface area contributed by atoms with E-state index in [1.54, 1.807) is 6.07 Å². The minimum atomic E-state index is -0.197. The molecule has 0 aliphatic heterocycles. The van der Waals surface area contributed by atoms with Crippen LogP contribution in [0.5, 0.6) is 0 Å². The highest BCUT2D eigenvalue weighted by atomic mass is 35.5. The van der Waals surface area contributed by atoms with Gasteiger partial charge in [-0.1, -0.05) is 54.1 Å². The van der Waals surface area contributed by atoms with E-state index in [4.69, 9.17) is 11.6 Å². The lowest BCUT2D eigenvalue weighted by Gasteiger charge is -2.07. The number of anilines is 1. The highest BCUT2D eigenvalue weighted by Gasteiger charge is 2.13. The van der Waals surface area contributed by atoms with Gasteiger partial charge in [-0.15, -0.1) is 0 Å². The van der Waals surface area contributed by atoms with Crippen molar-refractivity contribution in [3.8, 4) is 0 Å². The van der Waals surface area contributed by atoms with E-state index in [9.17, 15) is 4.79 Å². The Labute approximate surface area is 186 Å². The molecule has 4 aromatic rings. The van der Waals surface area contributed by atoms with Crippen molar-refractivity contribution in [1.82, 2.24) is 19.6 Å². The summed E-state index contributed by atoms with van der Waals surface area (Å²) in [5.41, 5.74) is 5.39. The first-order chi connectivity index (χ1) is 14.9. The second-order valence-electron chi connectivity index (χ2n) is 7.61. The van der Waals surface area contributed by atoms with E-state index >= 15 is 0 Å². The summed E-state index contributed by atoms with van der Waals surface area (Å²) in [6, 6.07) is 19.5. The molecular formula is C24H24ClN5O. The second-order valence-corrected chi connectivity index (χ2v) is 7.99. The van der Waals surface area contributed by atoms with Crippen LogP contribution in [0.4, 0.5) is 5.82 Å². The molecule has 7 heteroatoms. The van der Waals surface area contributed by atoms with E-state index in [-0.39, 0.29) is 5.91 Å². The van der Waals surface area contributed by atoms with Gasteiger partial charge in [0.1, 0.15) is 0 Å². The van der Waals surface area contributed by atoms with Crippen LogP contribution in [0.2, 0.25) is 5.02 Å². The van der Waals surface area contributed by atoms with Crippen LogP contribution in [0.15, 0.2) is 60.7 Å². The average Bonchev–Trinajstić information content (AvgIpc) is 3.22. The Morgan fingerprint density at radius 2 is 1.61 bits per heavy atom. The number of carbonyl (C=O) groups is 1. The van der Waals surface area contributed by atoms with Crippen LogP contribution in [0.1, 0.15) is 38.6 Å². The van der Waals surface area contributed by atoms with Gasteiger partial charge in [-0.2, -0.15) is 10.2 Å². The Balaban J connectivity index is 1.47. The van der Waals surface area contributed by atoms with Gasteiger partial charge in [-0.25, -0.2) is 0 Å². The quantitative estimate of drug-likeness (QED) is 0.465. The molecule has 2 heterocycles. The molecule has 0 fully saturated rings. The SMILES string of the molecule is Cc1nn(Cc2cccc(C(=O)Nc3cc(C)n(Cc4ccccc4)n3)c2)c(C)c1Cl. The molecule has 6 nitrogen and oxygen atoms in total. The van der Waals surface area contributed by atoms with Crippen LogP contribution < -0.4 is 5.32 Å². The fraction of sp³-hybridized carbons (Fsp3) is 0.208. The Morgan fingerprint density at radius 3 is 2.32 bits per heavy atom. The minimum absolute atomic E-state index is 0.197. The molecule has 1 N–H and O–H groups in total. The van der Waals surface area contributed by atoms with Gasteiger partial charge in [-0.3, -0.25) is 14.2 Å². The first kappa shape index (κ1) is 20.9. The predicted molar refractivity (Wildman–Crippen MR) is 123 cm³/mol. The molecule has 4 rings (SSSR count). The highest BCUT2D eigenvalue weighted by Crippen LogP contribution is 2.20. The zero-order chi connectivity index (χ0) is 22.0. The van der Waals surface area contributed by atoms with Gasteiger partial charge in [0.25, 0.3) is 5.91 Å². The Hall–Kier alpha value is -3.38. The van der Waals surface area contributed by atoms with Gasteiger partial charge in [-0.05, 0) is 44.0 Å². The van der Waals surface area contributed by atoms with Crippen LogP contribution in [0.25, 0.3) is 0 Å². The molecule has 31 heavy (non-hydrogen) atoms. The molecular weight excluding hydrogens is 410 g/mol. The molecule has 0 saturated carbocycles. The Morgan fingerprint density at radius 1 is 0.903 bits per heavy atom. The maximum Gasteiger partial charge on any atom is 0.256 e. The van der Waals surface area contributed by atoms with Crippen molar-refractivity contribution in [3.05, 3.63) is 99.5 Å². The Bertz CT molecular complexity index is 1230. The average molecular weight is 434 g/mol. The second kappa shape index (κ2) is 8.78. The number of benzene rings is 2. The standard InChI is InChI=1S/C24H24ClN5O/c1-16-12-22(28-29(16)14-19-8-5-4-6-9-19)26-24(31)21-11-7-10-20(13-21)15-30-18(3)23(25)17(2)27-30/h4-13H,14-15H2,1-3H3,(H,26,28,31). The predicted octanol–water partition coefficient (Wildman–Crippen LogP) is 5.01. The summed E-state index contributed by atoms with van der Waals surface area (Å²) in [7, 11) is 0. The third-order valence-electron chi connectivity index (χ3n) is 5.21. The van der Waals surface area contributed by atoms with Crippen molar-refractivity contribution >= 4 is 23.3 Å². The largest absolute Gasteiger partial charge is 0.305 e. The zero-order valence-electron chi connectivity index (χ0n) is 17.8. The van der Waals surface area contributed by atoms with Gasteiger partial charge in [0.2, 0.25) is 0 Å². The van der Waals surface area contributed by atoms with Crippen molar-refractivity contribution < 1.29 is 4.79 Å². The topological polar surface area (TPSA) is 64.7 Å². The van der Waals surface area contributed by atoms with E-state index in [1.165, 1.54) is 0 Å². The van der Waals surface area contributed by atoms with Crippen molar-refractivity contribution in [2.75, 3.05) is 5.32 Å². The molecule has 2 aromatic heterocycles. The zero-order valence-corrected chi connectivity index (χ0v) is 18.5. The lowest BCUT2D eigenvalue weighted by atomic mass is 10.1. The summed E-state index contributed by atoms with van der Waals surface area (Å²) >= 11 is 6.25. The number of rotatable bonds is 6. The van der Waals surface area contributed by atoms with Gasteiger partial charge in [0.15, 0.2) is 5.82 Å². The van der Waals surface area contributed by atoms with E-state index in [1.807, 2.05) is 72.6 Å². The third-order valence-corrected chi connectivity index (χ3v) is 5.76. The van der Waals surface area contributed by atoms with E-state index in [0.29, 0.717) is 29.5 Å². The summed E-state index contributed by atoms with van der Waals surface area (Å²) in [5, 5.41) is 12.6. The fourth-order valence-corrected chi connectivity index (χ4v) is 3.62. The van der Waals surface area contributed by atoms with E-state index in [2.05, 4.69) is 27.6 Å². The van der Waals surface area contributed by atoms with Crippen LogP contribution in [0, 0.1) is 20.8 Å². The molecule has 0 aliphatic carbocycles. The molecule has 2 aromatic carbocycles. The van der Waals surface area contributed by atoms with Gasteiger partial charge in [0, 0.05) is 17.3 Å². The van der Waals surface area contributed by atoms with Gasteiger partial charge < -0.3 is 5.32 Å². The van der Waals surface area contributed by atoms with Crippen molar-refractivity contribution in [1.29, 1.82) is 0 Å². The van der Waals surface area contributed by atoms with E-state index < -0.39 is 0 Å².